The molecule has 3 rings (SSSR count). The van der Waals surface area contributed by atoms with E-state index in [2.05, 4.69) is 4.98 Å². The van der Waals surface area contributed by atoms with Crippen molar-refractivity contribution in [2.45, 2.75) is 6.42 Å². The first-order chi connectivity index (χ1) is 14.2. The van der Waals surface area contributed by atoms with Gasteiger partial charge in [-0.15, -0.1) is 12.4 Å². The molecule has 7 nitrogen and oxygen atoms in total. The van der Waals surface area contributed by atoms with Gasteiger partial charge in [-0.25, -0.2) is 13.8 Å². The molecule has 0 aliphatic heterocycles. The Balaban J connectivity index is 0.00000341. The molecular formula is C19H18Cl2F2N4O3S. The third kappa shape index (κ3) is 5.65. The Morgan fingerprint density at radius 1 is 1.23 bits per heavy atom. The lowest BCUT2D eigenvalue weighted by atomic mass is 10.1. The molecule has 1 amide bonds. The number of nitro benzene ring substituents is 1. The molecule has 1 aromatic heterocycles. The van der Waals surface area contributed by atoms with Crippen LogP contribution in [-0.2, 0) is 0 Å². The molecule has 0 saturated heterocycles. The van der Waals surface area contributed by atoms with Gasteiger partial charge in [0.15, 0.2) is 10.9 Å². The van der Waals surface area contributed by atoms with Gasteiger partial charge in [0.25, 0.3) is 11.6 Å². The minimum absolute atomic E-state index is 0. The highest BCUT2D eigenvalue weighted by Crippen LogP contribution is 2.33. The predicted octanol–water partition coefficient (Wildman–Crippen LogP) is 5.16. The zero-order valence-corrected chi connectivity index (χ0v) is 18.9. The van der Waals surface area contributed by atoms with Crippen LogP contribution in [0.3, 0.4) is 0 Å². The Bertz CT molecular complexity index is 1130. The van der Waals surface area contributed by atoms with Crippen molar-refractivity contribution in [2.24, 2.45) is 0 Å². The standard InChI is InChI=1S/C19H17ClF2N4O3S.ClH/c1-24(2)6-3-7-25(18(27)13-8-11(20)4-5-15(13)26(28)29)19-23-17-14(22)9-12(21)10-16(17)30-19;/h4-5,8-10H,3,6-7H2,1-2H3;1H. The molecule has 0 unspecified atom stereocenters. The van der Waals surface area contributed by atoms with Crippen LogP contribution in [0.5, 0.6) is 0 Å². The fraction of sp³-hybridized carbons (Fsp3) is 0.263. The molecule has 0 aliphatic rings. The van der Waals surface area contributed by atoms with Crippen molar-refractivity contribution in [3.63, 3.8) is 0 Å². The maximum atomic E-state index is 14.1. The summed E-state index contributed by atoms with van der Waals surface area (Å²) in [6, 6.07) is 5.54. The molecule has 3 aromatic rings. The van der Waals surface area contributed by atoms with Crippen LogP contribution >= 0.6 is 35.3 Å². The summed E-state index contributed by atoms with van der Waals surface area (Å²) >= 11 is 6.89. The Morgan fingerprint density at radius 3 is 2.58 bits per heavy atom. The van der Waals surface area contributed by atoms with Crippen LogP contribution < -0.4 is 4.90 Å². The molecule has 0 fully saturated rings. The minimum Gasteiger partial charge on any atom is -0.309 e. The SMILES string of the molecule is CN(C)CCCN(C(=O)c1cc(Cl)ccc1[N+](=O)[O-])c1nc2c(F)cc(F)cc2s1.Cl. The van der Waals surface area contributed by atoms with Gasteiger partial charge in [-0.3, -0.25) is 19.8 Å². The second kappa shape index (κ2) is 10.3. The number of rotatable bonds is 7. The van der Waals surface area contributed by atoms with E-state index in [0.717, 1.165) is 23.5 Å². The van der Waals surface area contributed by atoms with E-state index in [-0.39, 0.29) is 44.9 Å². The lowest BCUT2D eigenvalue weighted by Gasteiger charge is -2.21. The summed E-state index contributed by atoms with van der Waals surface area (Å²) in [4.78, 5) is 31.3. The van der Waals surface area contributed by atoms with Crippen LogP contribution in [0.15, 0.2) is 30.3 Å². The molecule has 166 valence electrons. The Labute approximate surface area is 191 Å². The summed E-state index contributed by atoms with van der Waals surface area (Å²) in [5, 5.41) is 11.7. The maximum Gasteiger partial charge on any atom is 0.282 e. The van der Waals surface area contributed by atoms with Gasteiger partial charge < -0.3 is 4.90 Å². The van der Waals surface area contributed by atoms with E-state index in [1.165, 1.54) is 17.0 Å². The number of benzene rings is 2. The van der Waals surface area contributed by atoms with Gasteiger partial charge in [-0.05, 0) is 45.3 Å². The van der Waals surface area contributed by atoms with Crippen LogP contribution in [0.25, 0.3) is 10.2 Å². The number of carbonyl (C=O) groups excluding carboxylic acids is 1. The van der Waals surface area contributed by atoms with E-state index in [1.807, 2.05) is 19.0 Å². The minimum atomic E-state index is -0.845. The van der Waals surface area contributed by atoms with E-state index < -0.39 is 28.2 Å². The van der Waals surface area contributed by atoms with Crippen molar-refractivity contribution in [2.75, 3.05) is 32.1 Å². The Kier molecular flexibility index (Phi) is 8.24. The average Bonchev–Trinajstić information content (AvgIpc) is 3.08. The molecule has 12 heteroatoms. The molecule has 0 atom stereocenters. The van der Waals surface area contributed by atoms with Gasteiger partial charge in [-0.2, -0.15) is 0 Å². The second-order valence-corrected chi connectivity index (χ2v) is 8.21. The van der Waals surface area contributed by atoms with Crippen LogP contribution in [0.2, 0.25) is 5.02 Å². The second-order valence-electron chi connectivity index (χ2n) is 6.76. The van der Waals surface area contributed by atoms with E-state index in [4.69, 9.17) is 11.6 Å². The number of halogens is 4. The summed E-state index contributed by atoms with van der Waals surface area (Å²) in [5.41, 5.74) is -0.675. The largest absolute Gasteiger partial charge is 0.309 e. The normalized spacial score (nSPS) is 10.9. The molecule has 0 spiro atoms. The highest BCUT2D eigenvalue weighted by Gasteiger charge is 2.28. The average molecular weight is 491 g/mol. The van der Waals surface area contributed by atoms with Crippen molar-refractivity contribution < 1.29 is 18.5 Å². The fourth-order valence-electron chi connectivity index (χ4n) is 2.87. The van der Waals surface area contributed by atoms with Gasteiger partial charge in [-0.1, -0.05) is 22.9 Å². The lowest BCUT2D eigenvalue weighted by molar-refractivity contribution is -0.385. The number of nitrogens with zero attached hydrogens (tertiary/aromatic N) is 4. The summed E-state index contributed by atoms with van der Waals surface area (Å²) < 4.78 is 27.9. The van der Waals surface area contributed by atoms with Crippen LogP contribution in [0, 0.1) is 21.7 Å². The molecule has 0 radical (unpaired) electrons. The summed E-state index contributed by atoms with van der Waals surface area (Å²) in [6.45, 7) is 0.805. The number of fused-ring (bicyclic) bond motifs is 1. The number of nitro groups is 1. The number of hydrogen-bond acceptors (Lipinski definition) is 6. The molecule has 31 heavy (non-hydrogen) atoms. The lowest BCUT2D eigenvalue weighted by Crippen LogP contribution is -2.33. The third-order valence-corrected chi connectivity index (χ3v) is 5.51. The quantitative estimate of drug-likeness (QED) is 0.337. The van der Waals surface area contributed by atoms with Gasteiger partial charge in [0.2, 0.25) is 0 Å². The van der Waals surface area contributed by atoms with Crippen molar-refractivity contribution in [3.05, 3.63) is 62.7 Å². The van der Waals surface area contributed by atoms with Gasteiger partial charge in [0.05, 0.1) is 9.62 Å². The summed E-state index contributed by atoms with van der Waals surface area (Å²) in [5.74, 6) is -2.30. The van der Waals surface area contributed by atoms with E-state index in [9.17, 15) is 23.7 Å². The Morgan fingerprint density at radius 2 is 1.94 bits per heavy atom. The topological polar surface area (TPSA) is 79.6 Å². The van der Waals surface area contributed by atoms with Gasteiger partial charge >= 0.3 is 0 Å². The maximum absolute atomic E-state index is 14.1. The highest BCUT2D eigenvalue weighted by molar-refractivity contribution is 7.22. The monoisotopic (exact) mass is 490 g/mol. The number of amides is 1. The molecule has 2 aromatic carbocycles. The predicted molar refractivity (Wildman–Crippen MR) is 120 cm³/mol. The van der Waals surface area contributed by atoms with E-state index in [1.54, 1.807) is 0 Å². The van der Waals surface area contributed by atoms with E-state index in [0.29, 0.717) is 19.0 Å². The highest BCUT2D eigenvalue weighted by atomic mass is 35.5. The third-order valence-electron chi connectivity index (χ3n) is 4.25. The van der Waals surface area contributed by atoms with Crippen LogP contribution in [0.1, 0.15) is 16.8 Å². The van der Waals surface area contributed by atoms with Gasteiger partial charge in [0, 0.05) is 23.7 Å². The number of thiazole rings is 1. The van der Waals surface area contributed by atoms with Crippen LogP contribution in [-0.4, -0.2) is 47.9 Å². The number of aromatic nitrogens is 1. The smallest absolute Gasteiger partial charge is 0.282 e. The van der Waals surface area contributed by atoms with Crippen molar-refractivity contribution in [1.29, 1.82) is 0 Å². The molecular weight excluding hydrogens is 473 g/mol. The first kappa shape index (κ1) is 24.9. The molecule has 0 bridgehead atoms. The Hall–Kier alpha value is -2.40. The number of carbonyl (C=O) groups is 1. The molecule has 0 saturated carbocycles. The molecule has 0 aliphatic carbocycles. The van der Waals surface area contributed by atoms with E-state index >= 15 is 0 Å². The zero-order valence-electron chi connectivity index (χ0n) is 16.5. The van der Waals surface area contributed by atoms with Gasteiger partial charge in [0.1, 0.15) is 16.9 Å². The summed E-state index contributed by atoms with van der Waals surface area (Å²) in [7, 11) is 3.73. The first-order valence-electron chi connectivity index (χ1n) is 8.83. The first-order valence-corrected chi connectivity index (χ1v) is 10.0. The van der Waals surface area contributed by atoms with Crippen molar-refractivity contribution >= 4 is 62.3 Å². The van der Waals surface area contributed by atoms with Crippen LogP contribution in [0.4, 0.5) is 19.6 Å². The fourth-order valence-corrected chi connectivity index (χ4v) is 4.08. The van der Waals surface area contributed by atoms with Crippen molar-refractivity contribution in [1.82, 2.24) is 9.88 Å². The molecule has 0 N–H and O–H groups in total. The number of anilines is 1. The zero-order chi connectivity index (χ0) is 22.0. The number of hydrogen-bond donors (Lipinski definition) is 0. The molecule has 1 heterocycles. The summed E-state index contributed by atoms with van der Waals surface area (Å²) in [6.07, 6.45) is 0.528. The van der Waals surface area contributed by atoms with Crippen molar-refractivity contribution in [3.8, 4) is 0 Å².